The fourth-order valence-electron chi connectivity index (χ4n) is 3.85. The maximum Gasteiger partial charge on any atom is 0.271 e. The third kappa shape index (κ3) is 4.08. The number of benzene rings is 2. The first-order valence-corrected chi connectivity index (χ1v) is 10.9. The summed E-state index contributed by atoms with van der Waals surface area (Å²) < 4.78 is 0. The van der Waals surface area contributed by atoms with Crippen molar-refractivity contribution < 1.29 is 0 Å². The van der Waals surface area contributed by atoms with Gasteiger partial charge in [0.2, 0.25) is 5.95 Å². The van der Waals surface area contributed by atoms with Gasteiger partial charge in [0.1, 0.15) is 5.82 Å². The monoisotopic (exact) mass is 438 g/mol. The minimum absolute atomic E-state index is 0.134. The number of hydrogen-bond acceptors (Lipinski definition) is 6. The lowest BCUT2D eigenvalue weighted by atomic mass is 10.1. The highest BCUT2D eigenvalue weighted by Crippen LogP contribution is 2.39. The van der Waals surface area contributed by atoms with Crippen molar-refractivity contribution in [3.05, 3.63) is 82.3 Å². The molecule has 164 valence electrons. The molecule has 5 N–H and O–H groups in total. The molecule has 9 nitrogen and oxygen atoms in total. The fraction of sp³-hybridized carbons (Fsp3) is 0.167. The molecular weight excluding hydrogens is 416 g/mol. The fourth-order valence-corrected chi connectivity index (χ4v) is 3.85. The third-order valence-corrected chi connectivity index (χ3v) is 5.76. The van der Waals surface area contributed by atoms with E-state index in [2.05, 4.69) is 36.0 Å². The molecular formula is C24H22N8O. The molecule has 1 saturated carbocycles. The van der Waals surface area contributed by atoms with Crippen LogP contribution in [0.4, 0.5) is 17.6 Å². The highest BCUT2D eigenvalue weighted by Gasteiger charge is 2.25. The average molecular weight is 438 g/mol. The van der Waals surface area contributed by atoms with Crippen molar-refractivity contribution in [1.82, 2.24) is 30.4 Å². The van der Waals surface area contributed by atoms with Gasteiger partial charge in [-0.15, -0.1) is 0 Å². The first-order chi connectivity index (χ1) is 16.2. The van der Waals surface area contributed by atoms with Crippen molar-refractivity contribution in [3.63, 3.8) is 0 Å². The van der Waals surface area contributed by atoms with Gasteiger partial charge in [-0.25, -0.2) is 4.98 Å². The van der Waals surface area contributed by atoms with Crippen molar-refractivity contribution in [3.8, 4) is 11.3 Å². The summed E-state index contributed by atoms with van der Waals surface area (Å²) >= 11 is 0. The SMILES string of the molecule is O=c1[nH][nH]c2ccc(CNc3nc(Nc4cc(C5CC5)[nH]n4)cc(-c4ccccc4)n3)cc12. The molecule has 0 bridgehead atoms. The Labute approximate surface area is 188 Å². The van der Waals surface area contributed by atoms with Crippen molar-refractivity contribution >= 4 is 28.5 Å². The number of nitrogens with zero attached hydrogens (tertiary/aromatic N) is 3. The first kappa shape index (κ1) is 19.3. The van der Waals surface area contributed by atoms with E-state index in [-0.39, 0.29) is 5.56 Å². The summed E-state index contributed by atoms with van der Waals surface area (Å²) in [6.45, 7) is 0.479. The van der Waals surface area contributed by atoms with E-state index >= 15 is 0 Å². The van der Waals surface area contributed by atoms with Gasteiger partial charge < -0.3 is 10.6 Å². The summed E-state index contributed by atoms with van der Waals surface area (Å²) in [5.74, 6) is 2.47. The third-order valence-electron chi connectivity index (χ3n) is 5.76. The molecule has 9 heteroatoms. The van der Waals surface area contributed by atoms with E-state index < -0.39 is 0 Å². The van der Waals surface area contributed by atoms with E-state index in [4.69, 9.17) is 4.98 Å². The summed E-state index contributed by atoms with van der Waals surface area (Å²) in [6.07, 6.45) is 2.42. The molecule has 0 atom stereocenters. The highest BCUT2D eigenvalue weighted by atomic mass is 16.1. The maximum absolute atomic E-state index is 11.9. The van der Waals surface area contributed by atoms with Gasteiger partial charge in [0.05, 0.1) is 16.6 Å². The van der Waals surface area contributed by atoms with Crippen molar-refractivity contribution in [2.75, 3.05) is 10.6 Å². The van der Waals surface area contributed by atoms with Crippen LogP contribution in [0.3, 0.4) is 0 Å². The Kier molecular flexibility index (Phi) is 4.64. The number of H-pyrrole nitrogens is 3. The van der Waals surface area contributed by atoms with Crippen molar-refractivity contribution in [1.29, 1.82) is 0 Å². The Morgan fingerprint density at radius 3 is 2.67 bits per heavy atom. The minimum atomic E-state index is -0.134. The lowest BCUT2D eigenvalue weighted by Crippen LogP contribution is -2.07. The molecule has 1 aliphatic carbocycles. The number of rotatable bonds is 7. The van der Waals surface area contributed by atoms with Crippen LogP contribution in [0.15, 0.2) is 65.5 Å². The van der Waals surface area contributed by atoms with Crippen LogP contribution in [0.5, 0.6) is 0 Å². The van der Waals surface area contributed by atoms with E-state index in [1.807, 2.05) is 60.7 Å². The number of anilines is 3. The molecule has 0 unspecified atom stereocenters. The van der Waals surface area contributed by atoms with Crippen LogP contribution < -0.4 is 16.2 Å². The van der Waals surface area contributed by atoms with E-state index in [0.29, 0.717) is 29.6 Å². The first-order valence-electron chi connectivity index (χ1n) is 10.9. The van der Waals surface area contributed by atoms with Gasteiger partial charge >= 0.3 is 0 Å². The quantitative estimate of drug-likeness (QED) is 0.258. The zero-order valence-corrected chi connectivity index (χ0v) is 17.7. The van der Waals surface area contributed by atoms with Gasteiger partial charge in [0, 0.05) is 35.9 Å². The summed E-state index contributed by atoms with van der Waals surface area (Å²) in [5.41, 5.74) is 4.55. The standard InChI is InChI=1S/C24H22N8O/c33-23-17-10-14(6-9-18(17)29-32-23)13-25-24-26-19(15-4-2-1-3-5-15)11-21(28-24)27-22-12-20(30-31-22)16-7-8-16/h1-6,9-12,16H,7-8,13H2,(H2,29,32,33)(H3,25,26,27,28,30,31). The Bertz CT molecular complexity index is 1480. The predicted octanol–water partition coefficient (Wildman–Crippen LogP) is 4.27. The minimum Gasteiger partial charge on any atom is -0.350 e. The van der Waals surface area contributed by atoms with Gasteiger partial charge in [-0.3, -0.25) is 20.1 Å². The molecule has 5 aromatic rings. The van der Waals surface area contributed by atoms with E-state index in [9.17, 15) is 4.79 Å². The lowest BCUT2D eigenvalue weighted by molar-refractivity contribution is 0.966. The molecule has 0 aliphatic heterocycles. The normalized spacial score (nSPS) is 13.3. The van der Waals surface area contributed by atoms with Crippen LogP contribution in [0.25, 0.3) is 22.2 Å². The molecule has 2 aromatic carbocycles. The summed E-state index contributed by atoms with van der Waals surface area (Å²) in [6, 6.07) is 19.6. The zero-order chi connectivity index (χ0) is 22.2. The average Bonchev–Trinajstić information content (AvgIpc) is 3.49. The van der Waals surface area contributed by atoms with Crippen molar-refractivity contribution in [2.24, 2.45) is 0 Å². The summed E-state index contributed by atoms with van der Waals surface area (Å²) in [4.78, 5) is 21.3. The number of fused-ring (bicyclic) bond motifs is 1. The summed E-state index contributed by atoms with van der Waals surface area (Å²) in [7, 11) is 0. The molecule has 0 spiro atoms. The Morgan fingerprint density at radius 1 is 0.939 bits per heavy atom. The van der Waals surface area contributed by atoms with Crippen LogP contribution in [-0.4, -0.2) is 30.4 Å². The molecule has 33 heavy (non-hydrogen) atoms. The predicted molar refractivity (Wildman–Crippen MR) is 128 cm³/mol. The van der Waals surface area contributed by atoms with Crippen molar-refractivity contribution in [2.45, 2.75) is 25.3 Å². The molecule has 1 fully saturated rings. The van der Waals surface area contributed by atoms with Crippen LogP contribution in [-0.2, 0) is 6.54 Å². The largest absolute Gasteiger partial charge is 0.350 e. The van der Waals surface area contributed by atoms with E-state index in [1.54, 1.807) is 0 Å². The Balaban J connectivity index is 1.28. The lowest BCUT2D eigenvalue weighted by Gasteiger charge is -2.11. The zero-order valence-electron chi connectivity index (χ0n) is 17.7. The number of aromatic amines is 3. The second-order valence-electron chi connectivity index (χ2n) is 8.25. The number of hydrogen-bond donors (Lipinski definition) is 5. The van der Waals surface area contributed by atoms with Crippen LogP contribution >= 0.6 is 0 Å². The molecule has 0 radical (unpaired) electrons. The molecule has 6 rings (SSSR count). The van der Waals surface area contributed by atoms with Gasteiger partial charge in [-0.05, 0) is 30.5 Å². The van der Waals surface area contributed by atoms with E-state index in [0.717, 1.165) is 33.8 Å². The molecule has 3 aromatic heterocycles. The Morgan fingerprint density at radius 2 is 1.82 bits per heavy atom. The van der Waals surface area contributed by atoms with Crippen LogP contribution in [0, 0.1) is 0 Å². The second-order valence-corrected chi connectivity index (χ2v) is 8.25. The molecule has 3 heterocycles. The molecule has 0 amide bonds. The second kappa shape index (κ2) is 7.94. The molecule has 0 saturated heterocycles. The van der Waals surface area contributed by atoms with Crippen LogP contribution in [0.2, 0.25) is 0 Å². The topological polar surface area (TPSA) is 127 Å². The van der Waals surface area contributed by atoms with Gasteiger partial charge in [-0.1, -0.05) is 36.4 Å². The maximum atomic E-state index is 11.9. The van der Waals surface area contributed by atoms with Gasteiger partial charge in [0.15, 0.2) is 5.82 Å². The van der Waals surface area contributed by atoms with E-state index in [1.165, 1.54) is 12.8 Å². The number of nitrogens with one attached hydrogen (secondary N) is 5. The Hall–Kier alpha value is -4.40. The van der Waals surface area contributed by atoms with Gasteiger partial charge in [-0.2, -0.15) is 10.1 Å². The van der Waals surface area contributed by atoms with Crippen LogP contribution in [0.1, 0.15) is 30.0 Å². The smallest absolute Gasteiger partial charge is 0.271 e. The van der Waals surface area contributed by atoms with Gasteiger partial charge in [0.25, 0.3) is 5.56 Å². The highest BCUT2D eigenvalue weighted by molar-refractivity contribution is 5.78. The molecule has 1 aliphatic rings. The summed E-state index contributed by atoms with van der Waals surface area (Å²) in [5, 5.41) is 20.2. The number of aromatic nitrogens is 6.